The lowest BCUT2D eigenvalue weighted by molar-refractivity contribution is -0.164. The Balaban J connectivity index is 0.000000298. The highest BCUT2D eigenvalue weighted by Crippen LogP contribution is 2.52. The molecule has 7 rings (SSSR count). The summed E-state index contributed by atoms with van der Waals surface area (Å²) in [6.45, 7) is 13.5. The van der Waals surface area contributed by atoms with Gasteiger partial charge in [-0.05, 0) is 95.2 Å². The largest absolute Gasteiger partial charge is 0.510 e. The molecule has 3 amide bonds. The number of aromatic nitrogens is 6. The lowest BCUT2D eigenvalue weighted by Gasteiger charge is -2.24. The van der Waals surface area contributed by atoms with Gasteiger partial charge in [-0.15, -0.1) is 0 Å². The first-order valence-corrected chi connectivity index (χ1v) is 37.6. The minimum Gasteiger partial charge on any atom is -0.465 e. The minimum atomic E-state index is -4.65. The fraction of sp³-hybridized carbons (Fsp3) is 0.617. The SMILES string of the molecule is CC(C)(C)C(=O)OCOP(=O)(OCOC(=O)C(C)(C)C)OC[C@H]1O[C@@H](n2cnc(C(N)=O)c2N)[C@H](O)[C@@H]1O.CC(C)OC(=O)OCOP(=O)(OCOC(=O)OC(C)C)OC[C@H]1O[C@@H](n2cnc(C(N)=O)c2N)[C@H](O)[C@@H]1O.CCOC(=O)[C@H](C)NP(=O)(OC[C@H]1O[C@@H](n2cnc(C(N)=O)c2N)[C@H](O)[C@@H]1O)Oc1ccccc1. The maximum absolute atomic E-state index is 13.5. The van der Waals surface area contributed by atoms with Gasteiger partial charge in [0.15, 0.2) is 35.8 Å². The van der Waals surface area contributed by atoms with Gasteiger partial charge in [-0.25, -0.2) is 56.3 Å². The van der Waals surface area contributed by atoms with Crippen molar-refractivity contribution >= 4 is 88.8 Å². The van der Waals surface area contributed by atoms with E-state index < -0.39 is 221 Å². The Kier molecular flexibility index (Phi) is 34.2. The predicted molar refractivity (Wildman–Crippen MR) is 371 cm³/mol. The number of nitrogen functional groups attached to an aromatic ring is 3. The van der Waals surface area contributed by atoms with Crippen molar-refractivity contribution in [2.75, 3.05) is 70.8 Å². The van der Waals surface area contributed by atoms with Crippen molar-refractivity contribution in [3.63, 3.8) is 0 Å². The van der Waals surface area contributed by atoms with Gasteiger partial charge in [-0.1, -0.05) is 18.2 Å². The zero-order valence-corrected chi connectivity index (χ0v) is 64.6. The molecule has 0 bridgehead atoms. The molecule has 51 heteroatoms. The molecule has 3 aliphatic heterocycles. The highest BCUT2D eigenvalue weighted by Gasteiger charge is 2.50. The van der Waals surface area contributed by atoms with Gasteiger partial charge in [-0.2, -0.15) is 5.09 Å². The molecule has 3 fully saturated rings. The second kappa shape index (κ2) is 40.8. The first-order valence-electron chi connectivity index (χ1n) is 33.1. The van der Waals surface area contributed by atoms with E-state index in [0.717, 1.165) is 32.7 Å². The molecule has 48 nitrogen and oxygen atoms in total. The van der Waals surface area contributed by atoms with Crippen molar-refractivity contribution in [3.8, 4) is 5.75 Å². The molecule has 4 aromatic rings. The van der Waals surface area contributed by atoms with E-state index in [1.807, 2.05) is 0 Å². The van der Waals surface area contributed by atoms with E-state index in [9.17, 15) is 82.7 Å². The normalized spacial score (nSPS) is 22.7. The molecule has 1 unspecified atom stereocenters. The Hall–Kier alpha value is -8.58. The standard InChI is InChI=1S/C21H35N4O12P.C20H28N5O9P.C19H31N4O14P/c1-20(2,3)18(29)32-9-35-38(31,36-10-33-19(30)21(4,5)6)34-7-11-13(26)14(27)17(37-11)25-8-24-12(15(25)22)16(23)28;1-3-31-20(29)11(2)24-35(30,34-12-7-5-4-6-8-12)32-9-13-15(26)16(27)19(33-13)25-10-23-14(17(25)21)18(22)28;1-9(2)35-18(27)30-7-33-38(29,34-8-31-19(28)36-10(3)4)32-5-11-13(24)14(25)17(37-11)23-6-22-12(15(23)20)16(21)26/h8,11,13-14,17,26-27H,7,9-10,22H2,1-6H3,(H2,23,28);4-8,10-11,13,15-16,19,26-27H,3,9,21H2,1-2H3,(H2,22,28)(H,24,30);6,9-11,13-14,17,24-25H,5,7-8,20H2,1-4H3,(H2,21,26)/t11-,13-,14-,17-;11-,13+,15+,16+,19+,35?;11-,13-,14-,17-/m101/s1. The van der Waals surface area contributed by atoms with Crippen LogP contribution in [0.3, 0.4) is 0 Å². The summed E-state index contributed by atoms with van der Waals surface area (Å²) in [6, 6.07) is 7.03. The van der Waals surface area contributed by atoms with Gasteiger partial charge >= 0.3 is 53.6 Å². The number of ether oxygens (including phenoxy) is 10. The first-order chi connectivity index (χ1) is 51.7. The van der Waals surface area contributed by atoms with Crippen molar-refractivity contribution in [1.82, 2.24) is 33.7 Å². The van der Waals surface area contributed by atoms with Crippen LogP contribution in [0.5, 0.6) is 5.75 Å². The summed E-state index contributed by atoms with van der Waals surface area (Å²) in [5.41, 5.74) is 30.5. The van der Waals surface area contributed by atoms with Crippen LogP contribution < -0.4 is 44.0 Å². The molecule has 6 heterocycles. The number of amides is 3. The Bertz CT molecular complexity index is 3880. The topological polar surface area (TPSA) is 697 Å². The first kappa shape index (κ1) is 93.0. The summed E-state index contributed by atoms with van der Waals surface area (Å²) < 4.78 is 134. The van der Waals surface area contributed by atoms with Crippen LogP contribution in [-0.4, -0.2) is 234 Å². The molecule has 111 heavy (non-hydrogen) atoms. The van der Waals surface area contributed by atoms with Crippen LogP contribution in [0.2, 0.25) is 0 Å². The Labute approximate surface area is 632 Å². The number of aliphatic hydroxyl groups is 6. The highest BCUT2D eigenvalue weighted by molar-refractivity contribution is 7.52. The lowest BCUT2D eigenvalue weighted by atomic mass is 9.98. The van der Waals surface area contributed by atoms with Crippen molar-refractivity contribution in [1.29, 1.82) is 0 Å². The van der Waals surface area contributed by atoms with E-state index in [1.54, 1.807) is 94.4 Å². The number of phosphoric acid groups is 2. The van der Waals surface area contributed by atoms with E-state index in [4.69, 9.17) is 108 Å². The van der Waals surface area contributed by atoms with Gasteiger partial charge in [0.25, 0.3) is 17.7 Å². The maximum Gasteiger partial charge on any atom is 0.510 e. The molecule has 624 valence electrons. The van der Waals surface area contributed by atoms with E-state index in [2.05, 4.69) is 29.5 Å². The number of aliphatic hydroxyl groups excluding tert-OH is 6. The Morgan fingerprint density at radius 2 is 0.802 bits per heavy atom. The molecule has 0 aliphatic carbocycles. The summed E-state index contributed by atoms with van der Waals surface area (Å²) in [5.74, 6) is -5.16. The number of para-hydroxylation sites is 1. The van der Waals surface area contributed by atoms with Crippen LogP contribution >= 0.6 is 23.4 Å². The average Bonchev–Trinajstić information content (AvgIpc) is 1.65. The van der Waals surface area contributed by atoms with Gasteiger partial charge in [0.2, 0.25) is 27.2 Å². The number of imidazole rings is 3. The summed E-state index contributed by atoms with van der Waals surface area (Å²) >= 11 is 0. The van der Waals surface area contributed by atoms with Crippen LogP contribution in [0.25, 0.3) is 0 Å². The molecule has 3 aliphatic rings. The number of nitrogens with one attached hydrogen (secondary N) is 1. The van der Waals surface area contributed by atoms with Gasteiger partial charge in [0, 0.05) is 0 Å². The number of hydrogen-bond acceptors (Lipinski definition) is 41. The molecule has 0 spiro atoms. The van der Waals surface area contributed by atoms with Crippen LogP contribution in [0.4, 0.5) is 27.0 Å². The van der Waals surface area contributed by atoms with E-state index in [-0.39, 0.29) is 46.9 Å². The fourth-order valence-electron chi connectivity index (χ4n) is 9.02. The van der Waals surface area contributed by atoms with Crippen LogP contribution in [-0.2, 0) is 107 Å². The molecule has 0 radical (unpaired) electrons. The number of phosphoric ester groups is 2. The van der Waals surface area contributed by atoms with Crippen molar-refractivity contribution in [3.05, 3.63) is 66.4 Å². The summed E-state index contributed by atoms with van der Waals surface area (Å²) in [5, 5.41) is 65.1. The molecule has 3 aromatic heterocycles. The second-order valence-corrected chi connectivity index (χ2v) is 31.2. The number of rotatable bonds is 35. The second-order valence-electron chi connectivity index (χ2n) is 26.1. The summed E-state index contributed by atoms with van der Waals surface area (Å²) in [7, 11) is -13.4. The predicted octanol–water partition coefficient (Wildman–Crippen LogP) is 0.743. The molecular weight excluding hydrogens is 1560 g/mol. The van der Waals surface area contributed by atoms with Crippen molar-refractivity contribution in [2.45, 2.75) is 175 Å². The molecular formula is C60H94N13O35P3. The third-order valence-corrected chi connectivity index (χ3v) is 18.9. The lowest BCUT2D eigenvalue weighted by Crippen LogP contribution is -2.37. The zero-order valence-electron chi connectivity index (χ0n) is 61.9. The minimum absolute atomic E-state index is 0.117. The molecule has 0 saturated carbocycles. The zero-order chi connectivity index (χ0) is 83.4. The fourth-order valence-corrected chi connectivity index (χ4v) is 12.4. The quantitative estimate of drug-likeness (QED) is 0.0131. The van der Waals surface area contributed by atoms with Crippen LogP contribution in [0, 0.1) is 10.8 Å². The van der Waals surface area contributed by atoms with Gasteiger partial charge in [0.1, 0.15) is 84.2 Å². The van der Waals surface area contributed by atoms with Gasteiger partial charge in [0.05, 0.1) is 68.4 Å². The number of esters is 3. The number of nitrogens with zero attached hydrogens (tertiary/aromatic N) is 6. The smallest absolute Gasteiger partial charge is 0.465 e. The highest BCUT2D eigenvalue weighted by atomic mass is 31.2. The van der Waals surface area contributed by atoms with Crippen molar-refractivity contribution in [2.24, 2.45) is 28.0 Å². The average molecular weight is 1650 g/mol. The monoisotopic (exact) mass is 1650 g/mol. The molecule has 1 aromatic carbocycles. The number of anilines is 3. The van der Waals surface area contributed by atoms with Crippen LogP contribution in [0.1, 0.15) is 133 Å². The number of hydrogen-bond donors (Lipinski definition) is 13. The molecule has 14 atom stereocenters. The Morgan fingerprint density at radius 1 is 0.486 bits per heavy atom. The van der Waals surface area contributed by atoms with Gasteiger partial charge in [-0.3, -0.25) is 56.0 Å². The number of carbonyl (C=O) groups is 8. The van der Waals surface area contributed by atoms with Crippen LogP contribution in [0.15, 0.2) is 49.3 Å². The molecule has 3 saturated heterocycles. The third-order valence-electron chi connectivity index (χ3n) is 14.7. The molecule has 19 N–H and O–H groups in total. The van der Waals surface area contributed by atoms with E-state index in [0.29, 0.717) is 0 Å². The number of nitrogens with two attached hydrogens (primary N) is 6. The third kappa shape index (κ3) is 26.8. The van der Waals surface area contributed by atoms with E-state index in [1.165, 1.54) is 19.1 Å². The number of benzene rings is 1. The number of carbonyl (C=O) groups excluding carboxylic acids is 8. The Morgan fingerprint density at radius 3 is 1.09 bits per heavy atom. The van der Waals surface area contributed by atoms with Gasteiger partial charge < -0.3 is 117 Å². The maximum atomic E-state index is 13.5. The van der Waals surface area contributed by atoms with Crippen molar-refractivity contribution < 1.29 is 166 Å². The summed E-state index contributed by atoms with van der Waals surface area (Å²) in [6.07, 6.45) is -17.1. The van der Waals surface area contributed by atoms with E-state index >= 15 is 0 Å². The number of primary amides is 3. The summed E-state index contributed by atoms with van der Waals surface area (Å²) in [4.78, 5) is 105.